The van der Waals surface area contributed by atoms with Crippen LogP contribution in [0.5, 0.6) is 0 Å². The molecular formula is C21H27N3O2. The molecule has 0 heterocycles. The van der Waals surface area contributed by atoms with E-state index in [0.29, 0.717) is 6.54 Å². The Bertz CT molecular complexity index is 790. The molecule has 2 unspecified atom stereocenters. The molecule has 0 saturated carbocycles. The molecule has 138 valence electrons. The van der Waals surface area contributed by atoms with Crippen molar-refractivity contribution >= 4 is 16.7 Å². The van der Waals surface area contributed by atoms with Crippen molar-refractivity contribution < 1.29 is 9.53 Å². The average molecular weight is 353 g/mol. The molecule has 26 heavy (non-hydrogen) atoms. The van der Waals surface area contributed by atoms with E-state index >= 15 is 0 Å². The number of carbonyl (C=O) groups is 1. The lowest BCUT2D eigenvalue weighted by molar-refractivity contribution is -0.160. The molecule has 0 aromatic heterocycles. The summed E-state index contributed by atoms with van der Waals surface area (Å²) in [7, 11) is 0. The van der Waals surface area contributed by atoms with Crippen molar-refractivity contribution in [2.45, 2.75) is 45.4 Å². The fraction of sp³-hybridized carbons (Fsp3) is 0.429. The summed E-state index contributed by atoms with van der Waals surface area (Å²) >= 11 is 0. The normalized spacial score (nSPS) is 13.8. The number of hydrogen-bond acceptors (Lipinski definition) is 5. The second kappa shape index (κ2) is 8.79. The van der Waals surface area contributed by atoms with Crippen molar-refractivity contribution in [3.05, 3.63) is 48.0 Å². The fourth-order valence-corrected chi connectivity index (χ4v) is 2.75. The lowest BCUT2D eigenvalue weighted by Gasteiger charge is -2.26. The number of benzene rings is 2. The number of carbonyl (C=O) groups excluding carboxylic acids is 1. The number of rotatable bonds is 7. The molecule has 3 N–H and O–H groups in total. The monoisotopic (exact) mass is 353 g/mol. The number of hydrogen-bond donors (Lipinski definition) is 2. The summed E-state index contributed by atoms with van der Waals surface area (Å²) in [5.74, 6) is -1.12. The molecule has 0 aliphatic carbocycles. The van der Waals surface area contributed by atoms with Crippen LogP contribution in [0.15, 0.2) is 42.5 Å². The highest BCUT2D eigenvalue weighted by Gasteiger charge is 2.29. The molecule has 2 atom stereocenters. The number of nitrogens with zero attached hydrogens (tertiary/aromatic N) is 1. The first-order chi connectivity index (χ1) is 12.3. The Labute approximate surface area is 155 Å². The number of esters is 1. The first kappa shape index (κ1) is 19.9. The first-order valence-electron chi connectivity index (χ1n) is 8.86. The lowest BCUT2D eigenvalue weighted by atomic mass is 10.0. The molecule has 0 saturated heterocycles. The van der Waals surface area contributed by atoms with Crippen LogP contribution < -0.4 is 11.1 Å². The van der Waals surface area contributed by atoms with Gasteiger partial charge in [-0.25, -0.2) is 0 Å². The van der Waals surface area contributed by atoms with E-state index in [0.717, 1.165) is 6.42 Å². The van der Waals surface area contributed by atoms with E-state index in [9.17, 15) is 4.79 Å². The van der Waals surface area contributed by atoms with E-state index in [4.69, 9.17) is 15.7 Å². The van der Waals surface area contributed by atoms with Crippen LogP contribution in [0, 0.1) is 17.2 Å². The topological polar surface area (TPSA) is 88.1 Å². The van der Waals surface area contributed by atoms with E-state index in [2.05, 4.69) is 35.6 Å². The third-order valence-corrected chi connectivity index (χ3v) is 4.06. The van der Waals surface area contributed by atoms with Gasteiger partial charge in [-0.3, -0.25) is 4.79 Å². The van der Waals surface area contributed by atoms with Crippen molar-refractivity contribution in [3.63, 3.8) is 0 Å². The van der Waals surface area contributed by atoms with Crippen LogP contribution in [0.3, 0.4) is 0 Å². The van der Waals surface area contributed by atoms with Gasteiger partial charge in [0.25, 0.3) is 0 Å². The smallest absolute Gasteiger partial charge is 0.313 e. The van der Waals surface area contributed by atoms with Crippen molar-refractivity contribution in [3.8, 4) is 6.07 Å². The summed E-state index contributed by atoms with van der Waals surface area (Å²) in [6.07, 6.45) is 0.190. The minimum absolute atomic E-state index is 0.0268. The van der Waals surface area contributed by atoms with Crippen molar-refractivity contribution in [1.29, 1.82) is 5.26 Å². The van der Waals surface area contributed by atoms with Crippen LogP contribution in [-0.4, -0.2) is 24.3 Å². The maximum absolute atomic E-state index is 12.3. The molecule has 0 aliphatic rings. The van der Waals surface area contributed by atoms with E-state index in [1.54, 1.807) is 20.8 Å². The van der Waals surface area contributed by atoms with Gasteiger partial charge in [0.2, 0.25) is 0 Å². The molecular weight excluding hydrogens is 326 g/mol. The second-order valence-corrected chi connectivity index (χ2v) is 7.41. The Morgan fingerprint density at radius 1 is 1.23 bits per heavy atom. The number of ether oxygens (including phenoxy) is 1. The molecule has 5 heteroatoms. The average Bonchev–Trinajstić information content (AvgIpc) is 2.57. The quantitative estimate of drug-likeness (QED) is 0.590. The minimum Gasteiger partial charge on any atom is -0.460 e. The maximum Gasteiger partial charge on any atom is 0.313 e. The second-order valence-electron chi connectivity index (χ2n) is 7.41. The van der Waals surface area contributed by atoms with E-state index in [1.165, 1.54) is 16.3 Å². The zero-order valence-corrected chi connectivity index (χ0v) is 15.7. The van der Waals surface area contributed by atoms with E-state index in [-0.39, 0.29) is 6.42 Å². The Morgan fingerprint density at radius 2 is 1.92 bits per heavy atom. The van der Waals surface area contributed by atoms with E-state index < -0.39 is 23.7 Å². The van der Waals surface area contributed by atoms with Crippen LogP contribution in [0.2, 0.25) is 0 Å². The first-order valence-corrected chi connectivity index (χ1v) is 8.86. The largest absolute Gasteiger partial charge is 0.460 e. The molecule has 0 bridgehead atoms. The summed E-state index contributed by atoms with van der Waals surface area (Å²) in [5, 5.41) is 14.6. The van der Waals surface area contributed by atoms with Gasteiger partial charge in [-0.15, -0.1) is 0 Å². The van der Waals surface area contributed by atoms with Crippen molar-refractivity contribution in [2.24, 2.45) is 11.7 Å². The summed E-state index contributed by atoms with van der Waals surface area (Å²) in [5.41, 5.74) is 6.71. The van der Waals surface area contributed by atoms with Gasteiger partial charge in [0.05, 0.1) is 24.6 Å². The van der Waals surface area contributed by atoms with Crippen LogP contribution in [0.25, 0.3) is 10.8 Å². The number of nitrogens with two attached hydrogens (primary N) is 1. The Morgan fingerprint density at radius 3 is 2.58 bits per heavy atom. The number of fused-ring (bicyclic) bond motifs is 1. The maximum atomic E-state index is 12.3. The Hall–Kier alpha value is -2.42. The van der Waals surface area contributed by atoms with Crippen LogP contribution in [0.4, 0.5) is 0 Å². The molecule has 0 fully saturated rings. The number of nitrogens with one attached hydrogen (secondary N) is 1. The summed E-state index contributed by atoms with van der Waals surface area (Å²) in [6, 6.07) is 16.6. The molecule has 2 rings (SSSR count). The summed E-state index contributed by atoms with van der Waals surface area (Å²) in [4.78, 5) is 12.3. The van der Waals surface area contributed by atoms with Crippen LogP contribution >= 0.6 is 0 Å². The zero-order chi connectivity index (χ0) is 19.2. The van der Waals surface area contributed by atoms with Gasteiger partial charge in [-0.1, -0.05) is 42.5 Å². The van der Waals surface area contributed by atoms with Crippen LogP contribution in [0.1, 0.15) is 32.8 Å². The highest BCUT2D eigenvalue weighted by atomic mass is 16.6. The van der Waals surface area contributed by atoms with Gasteiger partial charge in [-0.05, 0) is 43.5 Å². The molecule has 2 aromatic rings. The third-order valence-electron chi connectivity index (χ3n) is 4.06. The minimum atomic E-state index is -0.684. The lowest BCUT2D eigenvalue weighted by Crippen LogP contribution is -2.49. The molecule has 0 amide bonds. The highest BCUT2D eigenvalue weighted by Crippen LogP contribution is 2.17. The van der Waals surface area contributed by atoms with Gasteiger partial charge in [0.15, 0.2) is 0 Å². The van der Waals surface area contributed by atoms with Gasteiger partial charge in [0, 0.05) is 6.54 Å². The number of nitriles is 1. The van der Waals surface area contributed by atoms with Gasteiger partial charge in [0.1, 0.15) is 5.60 Å². The highest BCUT2D eigenvalue weighted by molar-refractivity contribution is 5.83. The Balaban J connectivity index is 1.93. The SMILES string of the molecule is CC(C)(C)OC(=O)C(CC#N)C(N)NCCc1ccc2ccccc2c1. The van der Waals surface area contributed by atoms with Crippen molar-refractivity contribution in [1.82, 2.24) is 5.32 Å². The molecule has 0 aliphatic heterocycles. The third kappa shape index (κ3) is 5.83. The summed E-state index contributed by atoms with van der Waals surface area (Å²) < 4.78 is 5.38. The molecule has 5 nitrogen and oxygen atoms in total. The van der Waals surface area contributed by atoms with Crippen LogP contribution in [-0.2, 0) is 16.0 Å². The molecule has 0 spiro atoms. The van der Waals surface area contributed by atoms with Gasteiger partial charge < -0.3 is 15.8 Å². The zero-order valence-electron chi connectivity index (χ0n) is 15.7. The van der Waals surface area contributed by atoms with Gasteiger partial charge in [-0.2, -0.15) is 5.26 Å². The standard InChI is InChI=1S/C21H27N3O2/c1-21(2,3)26-20(25)18(10-12-22)19(23)24-13-11-15-8-9-16-6-4-5-7-17(16)14-15/h4-9,14,18-19,24H,10-11,13,23H2,1-3H3. The predicted molar refractivity (Wildman–Crippen MR) is 103 cm³/mol. The summed E-state index contributed by atoms with van der Waals surface area (Å²) in [6.45, 7) is 6.01. The fourth-order valence-electron chi connectivity index (χ4n) is 2.75. The van der Waals surface area contributed by atoms with E-state index in [1.807, 2.05) is 18.2 Å². The molecule has 0 radical (unpaired) electrons. The van der Waals surface area contributed by atoms with Crippen molar-refractivity contribution in [2.75, 3.05) is 6.54 Å². The predicted octanol–water partition coefficient (Wildman–Crippen LogP) is 3.13. The van der Waals surface area contributed by atoms with Gasteiger partial charge >= 0.3 is 5.97 Å². The Kier molecular flexibility index (Phi) is 6.73. The molecule has 2 aromatic carbocycles.